The maximum Gasteiger partial charge on any atom is 0.0637 e. The zero-order valence-corrected chi connectivity index (χ0v) is 13.6. The number of nitrogens with zero attached hydrogens (tertiary/aromatic N) is 1. The second-order valence-corrected chi connectivity index (χ2v) is 6.00. The fraction of sp³-hybridized carbons (Fsp3) is 0.647. The lowest BCUT2D eigenvalue weighted by Gasteiger charge is -2.29. The van der Waals surface area contributed by atoms with E-state index in [0.29, 0.717) is 12.0 Å². The zero-order chi connectivity index (χ0) is 15.0. The first-order valence-electron chi connectivity index (χ1n) is 7.59. The van der Waals surface area contributed by atoms with Crippen LogP contribution >= 0.6 is 0 Å². The second-order valence-electron chi connectivity index (χ2n) is 6.00. The van der Waals surface area contributed by atoms with Crippen LogP contribution in [0.1, 0.15) is 33.3 Å². The maximum absolute atomic E-state index is 5.26. The van der Waals surface area contributed by atoms with Crippen molar-refractivity contribution in [2.45, 2.75) is 40.3 Å². The van der Waals surface area contributed by atoms with Crippen molar-refractivity contribution in [3.05, 3.63) is 29.8 Å². The molecule has 1 aromatic carbocycles. The molecule has 0 atom stereocenters. The Kier molecular flexibility index (Phi) is 7.63. The molecule has 0 unspecified atom stereocenters. The summed E-state index contributed by atoms with van der Waals surface area (Å²) in [7, 11) is 1.76. The minimum absolute atomic E-state index is 0.501. The van der Waals surface area contributed by atoms with Crippen LogP contribution in [0.4, 0.5) is 5.69 Å². The van der Waals surface area contributed by atoms with Gasteiger partial charge in [-0.3, -0.25) is 0 Å². The Morgan fingerprint density at radius 1 is 1.15 bits per heavy atom. The minimum atomic E-state index is 0.501. The summed E-state index contributed by atoms with van der Waals surface area (Å²) in [6.07, 6.45) is 0. The summed E-state index contributed by atoms with van der Waals surface area (Å²) < 4.78 is 5.26. The highest BCUT2D eigenvalue weighted by molar-refractivity contribution is 5.53. The molecule has 3 heteroatoms. The van der Waals surface area contributed by atoms with E-state index in [1.54, 1.807) is 7.11 Å². The molecular formula is C17H30N2O. The molecule has 20 heavy (non-hydrogen) atoms. The normalized spacial score (nSPS) is 11.3. The predicted octanol–water partition coefficient (Wildman–Crippen LogP) is 3.29. The quantitative estimate of drug-likeness (QED) is 0.750. The maximum atomic E-state index is 5.26. The van der Waals surface area contributed by atoms with E-state index in [0.717, 1.165) is 26.2 Å². The summed E-state index contributed by atoms with van der Waals surface area (Å²) in [6, 6.07) is 9.17. The third kappa shape index (κ3) is 5.93. The number of hydrogen-bond donors (Lipinski definition) is 1. The van der Waals surface area contributed by atoms with Crippen LogP contribution in [0.3, 0.4) is 0 Å². The van der Waals surface area contributed by atoms with Gasteiger partial charge in [-0.05, 0) is 17.5 Å². The van der Waals surface area contributed by atoms with E-state index in [1.807, 2.05) is 0 Å². The van der Waals surface area contributed by atoms with E-state index in [9.17, 15) is 0 Å². The second kappa shape index (κ2) is 8.98. The lowest BCUT2D eigenvalue weighted by Crippen LogP contribution is -2.32. The molecule has 0 saturated carbocycles. The Bertz CT molecular complexity index is 377. The van der Waals surface area contributed by atoms with E-state index in [2.05, 4.69) is 62.2 Å². The van der Waals surface area contributed by atoms with Crippen LogP contribution in [0.15, 0.2) is 24.3 Å². The molecule has 0 aliphatic rings. The molecule has 0 aliphatic carbocycles. The van der Waals surface area contributed by atoms with Crippen LogP contribution in [-0.2, 0) is 11.3 Å². The van der Waals surface area contributed by atoms with Crippen LogP contribution in [-0.4, -0.2) is 32.8 Å². The molecule has 3 nitrogen and oxygen atoms in total. The zero-order valence-electron chi connectivity index (χ0n) is 13.6. The van der Waals surface area contributed by atoms with Gasteiger partial charge in [0.1, 0.15) is 0 Å². The van der Waals surface area contributed by atoms with Crippen molar-refractivity contribution < 1.29 is 4.74 Å². The molecule has 0 spiro atoms. The molecule has 0 aliphatic heterocycles. The van der Waals surface area contributed by atoms with Crippen LogP contribution in [0, 0.1) is 5.92 Å². The van der Waals surface area contributed by atoms with E-state index < -0.39 is 0 Å². The molecular weight excluding hydrogens is 248 g/mol. The van der Waals surface area contributed by atoms with Crippen LogP contribution in [0.2, 0.25) is 0 Å². The molecule has 0 saturated heterocycles. The van der Waals surface area contributed by atoms with Gasteiger partial charge in [-0.25, -0.2) is 0 Å². The van der Waals surface area contributed by atoms with Crippen LogP contribution < -0.4 is 10.2 Å². The number of nitrogens with one attached hydrogen (secondary N) is 1. The van der Waals surface area contributed by atoms with Crippen molar-refractivity contribution >= 4 is 5.69 Å². The van der Waals surface area contributed by atoms with Crippen LogP contribution in [0.5, 0.6) is 0 Å². The lowest BCUT2D eigenvalue weighted by atomic mass is 10.1. The highest BCUT2D eigenvalue weighted by Gasteiger charge is 2.12. The minimum Gasteiger partial charge on any atom is -0.383 e. The summed E-state index contributed by atoms with van der Waals surface area (Å²) in [5.41, 5.74) is 2.68. The predicted molar refractivity (Wildman–Crippen MR) is 87.3 cm³/mol. The Labute approximate surface area is 124 Å². The SMILES string of the molecule is COCCN(CC(C)C)c1ccccc1CNC(C)C. The fourth-order valence-corrected chi connectivity index (χ4v) is 2.24. The summed E-state index contributed by atoms with van der Waals surface area (Å²) in [5.74, 6) is 0.637. The van der Waals surface area contributed by atoms with E-state index in [4.69, 9.17) is 4.74 Å². The monoisotopic (exact) mass is 278 g/mol. The summed E-state index contributed by atoms with van der Waals surface area (Å²) >= 11 is 0. The van der Waals surface area contributed by atoms with Crippen LogP contribution in [0.25, 0.3) is 0 Å². The van der Waals surface area contributed by atoms with Gasteiger partial charge in [-0.2, -0.15) is 0 Å². The van der Waals surface area contributed by atoms with Crippen molar-refractivity contribution in [1.82, 2.24) is 5.32 Å². The van der Waals surface area contributed by atoms with E-state index in [-0.39, 0.29) is 0 Å². The number of anilines is 1. The Morgan fingerprint density at radius 3 is 2.45 bits per heavy atom. The number of para-hydroxylation sites is 1. The first kappa shape index (κ1) is 17.0. The molecule has 0 amide bonds. The van der Waals surface area contributed by atoms with Gasteiger partial charge in [0.2, 0.25) is 0 Å². The first-order chi connectivity index (χ1) is 9.54. The smallest absolute Gasteiger partial charge is 0.0637 e. The molecule has 0 aromatic heterocycles. The Morgan fingerprint density at radius 2 is 1.85 bits per heavy atom. The molecule has 0 radical (unpaired) electrons. The third-order valence-electron chi connectivity index (χ3n) is 3.18. The average molecular weight is 278 g/mol. The van der Waals surface area contributed by atoms with E-state index >= 15 is 0 Å². The van der Waals surface area contributed by atoms with Crippen molar-refractivity contribution in [2.24, 2.45) is 5.92 Å². The van der Waals surface area contributed by atoms with Gasteiger partial charge in [-0.1, -0.05) is 45.9 Å². The molecule has 0 fully saturated rings. The molecule has 1 rings (SSSR count). The third-order valence-corrected chi connectivity index (χ3v) is 3.18. The van der Waals surface area contributed by atoms with Gasteiger partial charge in [-0.15, -0.1) is 0 Å². The Balaban J connectivity index is 2.86. The van der Waals surface area contributed by atoms with Gasteiger partial charge in [0.05, 0.1) is 6.61 Å². The highest BCUT2D eigenvalue weighted by atomic mass is 16.5. The van der Waals surface area contributed by atoms with E-state index in [1.165, 1.54) is 11.3 Å². The van der Waals surface area contributed by atoms with Gasteiger partial charge in [0.15, 0.2) is 0 Å². The number of rotatable bonds is 9. The van der Waals surface area contributed by atoms with Crippen molar-refractivity contribution in [1.29, 1.82) is 0 Å². The number of ether oxygens (including phenoxy) is 1. The molecule has 0 bridgehead atoms. The fourth-order valence-electron chi connectivity index (χ4n) is 2.24. The van der Waals surface area contributed by atoms with Crippen molar-refractivity contribution in [2.75, 3.05) is 31.7 Å². The molecule has 1 N–H and O–H groups in total. The molecule has 0 heterocycles. The Hall–Kier alpha value is -1.06. The summed E-state index contributed by atoms with van der Waals surface area (Å²) in [5, 5.41) is 3.51. The topological polar surface area (TPSA) is 24.5 Å². The van der Waals surface area contributed by atoms with Gasteiger partial charge < -0.3 is 15.0 Å². The largest absolute Gasteiger partial charge is 0.383 e. The van der Waals surface area contributed by atoms with Gasteiger partial charge >= 0.3 is 0 Å². The van der Waals surface area contributed by atoms with Crippen molar-refractivity contribution in [3.8, 4) is 0 Å². The van der Waals surface area contributed by atoms with Gasteiger partial charge in [0.25, 0.3) is 0 Å². The summed E-state index contributed by atoms with van der Waals surface area (Å²) in [4.78, 5) is 2.44. The van der Waals surface area contributed by atoms with Gasteiger partial charge in [0, 0.05) is 38.5 Å². The highest BCUT2D eigenvalue weighted by Crippen LogP contribution is 2.21. The first-order valence-corrected chi connectivity index (χ1v) is 7.59. The molecule has 1 aromatic rings. The number of hydrogen-bond acceptors (Lipinski definition) is 3. The lowest BCUT2D eigenvalue weighted by molar-refractivity contribution is 0.204. The number of methoxy groups -OCH3 is 1. The number of benzene rings is 1. The summed E-state index contributed by atoms with van der Waals surface area (Å²) in [6.45, 7) is 12.5. The van der Waals surface area contributed by atoms with Crippen molar-refractivity contribution in [3.63, 3.8) is 0 Å². The standard InChI is InChI=1S/C17H30N2O/c1-14(2)13-19(10-11-20-5)17-9-7-6-8-16(17)12-18-15(3)4/h6-9,14-15,18H,10-13H2,1-5H3. The molecule has 114 valence electrons. The average Bonchev–Trinajstić information content (AvgIpc) is 2.41.